The van der Waals surface area contributed by atoms with Crippen LogP contribution in [0, 0.1) is 5.92 Å². The Morgan fingerprint density at radius 2 is 2.18 bits per heavy atom. The van der Waals surface area contributed by atoms with E-state index in [0.717, 1.165) is 11.8 Å². The molecule has 1 N–H and O–H groups in total. The first-order chi connectivity index (χ1) is 8.31. The summed E-state index contributed by atoms with van der Waals surface area (Å²) in [6.45, 7) is 0.942. The molecule has 1 aromatic carbocycles. The highest BCUT2D eigenvalue weighted by Gasteiger charge is 2.33. The summed E-state index contributed by atoms with van der Waals surface area (Å²) in [6, 6.07) is 9.01. The molecule has 4 heteroatoms. The summed E-state index contributed by atoms with van der Waals surface area (Å²) in [5.74, 6) is -0.596. The first-order valence-electron chi connectivity index (χ1n) is 5.70. The van der Waals surface area contributed by atoms with Crippen LogP contribution in [0.4, 0.5) is 0 Å². The topological polar surface area (TPSA) is 55.4 Å². The molecule has 1 saturated heterocycles. The zero-order valence-corrected chi connectivity index (χ0v) is 9.46. The number of benzene rings is 1. The second-order valence-electron chi connectivity index (χ2n) is 4.11. The maximum absolute atomic E-state index is 11.7. The van der Waals surface area contributed by atoms with Gasteiger partial charge in [-0.2, -0.15) is 0 Å². The molecule has 1 fully saturated rings. The van der Waals surface area contributed by atoms with Gasteiger partial charge in [0.25, 0.3) is 0 Å². The van der Waals surface area contributed by atoms with E-state index in [-0.39, 0.29) is 18.5 Å². The van der Waals surface area contributed by atoms with Gasteiger partial charge in [-0.15, -0.1) is 0 Å². The van der Waals surface area contributed by atoms with Crippen LogP contribution in [0.2, 0.25) is 0 Å². The van der Waals surface area contributed by atoms with Gasteiger partial charge in [0, 0.05) is 5.92 Å². The molecule has 17 heavy (non-hydrogen) atoms. The third-order valence-corrected chi connectivity index (χ3v) is 2.92. The largest absolute Gasteiger partial charge is 0.460 e. The SMILES string of the molecule is O=CC1CCN[C@@H]1C(=O)OCc1ccccc1. The van der Waals surface area contributed by atoms with Gasteiger partial charge < -0.3 is 14.8 Å². The summed E-state index contributed by atoms with van der Waals surface area (Å²) in [6.07, 6.45) is 1.53. The van der Waals surface area contributed by atoms with Crippen LogP contribution in [-0.4, -0.2) is 24.8 Å². The smallest absolute Gasteiger partial charge is 0.324 e. The molecule has 1 aliphatic heterocycles. The molecule has 0 amide bonds. The van der Waals surface area contributed by atoms with Crippen molar-refractivity contribution in [1.29, 1.82) is 0 Å². The van der Waals surface area contributed by atoms with E-state index in [9.17, 15) is 9.59 Å². The molecule has 90 valence electrons. The van der Waals surface area contributed by atoms with Gasteiger partial charge in [0.1, 0.15) is 18.9 Å². The second kappa shape index (κ2) is 5.59. The number of esters is 1. The van der Waals surface area contributed by atoms with Crippen molar-refractivity contribution < 1.29 is 14.3 Å². The number of carbonyl (C=O) groups is 2. The lowest BCUT2D eigenvalue weighted by Crippen LogP contribution is -2.37. The van der Waals surface area contributed by atoms with Gasteiger partial charge in [-0.3, -0.25) is 4.79 Å². The van der Waals surface area contributed by atoms with Gasteiger partial charge in [0.15, 0.2) is 0 Å². The second-order valence-corrected chi connectivity index (χ2v) is 4.11. The minimum atomic E-state index is -0.476. The number of ether oxygens (including phenoxy) is 1. The molecular weight excluding hydrogens is 218 g/mol. The van der Waals surface area contributed by atoms with Gasteiger partial charge >= 0.3 is 5.97 Å². The minimum Gasteiger partial charge on any atom is -0.460 e. The maximum atomic E-state index is 11.7. The quantitative estimate of drug-likeness (QED) is 0.620. The van der Waals surface area contributed by atoms with Crippen LogP contribution in [0.25, 0.3) is 0 Å². The average Bonchev–Trinajstić information content (AvgIpc) is 2.85. The average molecular weight is 233 g/mol. The molecule has 1 heterocycles. The summed E-state index contributed by atoms with van der Waals surface area (Å²) in [7, 11) is 0. The van der Waals surface area contributed by atoms with Crippen molar-refractivity contribution in [2.24, 2.45) is 5.92 Å². The van der Waals surface area contributed by atoms with Crippen LogP contribution < -0.4 is 5.32 Å². The van der Waals surface area contributed by atoms with E-state index in [0.29, 0.717) is 13.0 Å². The summed E-state index contributed by atoms with van der Waals surface area (Å²) in [4.78, 5) is 22.5. The number of hydrogen-bond acceptors (Lipinski definition) is 4. The third-order valence-electron chi connectivity index (χ3n) is 2.92. The Balaban J connectivity index is 1.87. The monoisotopic (exact) mass is 233 g/mol. The van der Waals surface area contributed by atoms with Crippen LogP contribution in [0.1, 0.15) is 12.0 Å². The Kier molecular flexibility index (Phi) is 3.88. The van der Waals surface area contributed by atoms with Gasteiger partial charge in [0.2, 0.25) is 0 Å². The lowest BCUT2D eigenvalue weighted by molar-refractivity contribution is -0.148. The number of hydrogen-bond donors (Lipinski definition) is 1. The molecule has 4 nitrogen and oxygen atoms in total. The number of rotatable bonds is 4. The lowest BCUT2D eigenvalue weighted by atomic mass is 10.0. The van der Waals surface area contributed by atoms with E-state index in [2.05, 4.69) is 5.32 Å². The van der Waals surface area contributed by atoms with Crippen molar-refractivity contribution >= 4 is 12.3 Å². The lowest BCUT2D eigenvalue weighted by Gasteiger charge is -2.13. The molecule has 0 aliphatic carbocycles. The van der Waals surface area contributed by atoms with E-state index < -0.39 is 6.04 Å². The van der Waals surface area contributed by atoms with Crippen molar-refractivity contribution in [3.63, 3.8) is 0 Å². The van der Waals surface area contributed by atoms with E-state index in [1.165, 1.54) is 0 Å². The van der Waals surface area contributed by atoms with E-state index in [1.807, 2.05) is 30.3 Å². The van der Waals surface area contributed by atoms with Crippen LogP contribution in [0.3, 0.4) is 0 Å². The van der Waals surface area contributed by atoms with Gasteiger partial charge in [-0.25, -0.2) is 0 Å². The highest BCUT2D eigenvalue weighted by Crippen LogP contribution is 2.15. The zero-order valence-electron chi connectivity index (χ0n) is 9.46. The molecule has 1 aliphatic rings. The molecule has 1 unspecified atom stereocenters. The number of aldehydes is 1. The van der Waals surface area contributed by atoms with Crippen LogP contribution >= 0.6 is 0 Å². The Morgan fingerprint density at radius 3 is 2.88 bits per heavy atom. The van der Waals surface area contributed by atoms with Crippen molar-refractivity contribution in [3.8, 4) is 0 Å². The molecule has 0 saturated carbocycles. The van der Waals surface area contributed by atoms with Crippen LogP contribution in [0.15, 0.2) is 30.3 Å². The summed E-state index contributed by atoms with van der Waals surface area (Å²) < 4.78 is 5.18. The Labute approximate surface area is 100.0 Å². The minimum absolute atomic E-state index is 0.252. The van der Waals surface area contributed by atoms with Crippen molar-refractivity contribution in [2.75, 3.05) is 6.54 Å². The van der Waals surface area contributed by atoms with Gasteiger partial charge in [0.05, 0.1) is 0 Å². The first-order valence-corrected chi connectivity index (χ1v) is 5.70. The molecule has 2 atom stereocenters. The molecule has 0 spiro atoms. The van der Waals surface area contributed by atoms with Crippen molar-refractivity contribution in [2.45, 2.75) is 19.1 Å². The predicted octanol–water partition coefficient (Wildman–Crippen LogP) is 0.907. The van der Waals surface area contributed by atoms with Crippen LogP contribution in [-0.2, 0) is 20.9 Å². The Bertz CT molecular complexity index is 391. The van der Waals surface area contributed by atoms with Gasteiger partial charge in [-0.05, 0) is 18.5 Å². The van der Waals surface area contributed by atoms with Gasteiger partial charge in [-0.1, -0.05) is 30.3 Å². The first kappa shape index (κ1) is 11.8. The van der Waals surface area contributed by atoms with E-state index in [1.54, 1.807) is 0 Å². The summed E-state index contributed by atoms with van der Waals surface area (Å²) >= 11 is 0. The summed E-state index contributed by atoms with van der Waals surface area (Å²) in [5, 5.41) is 2.99. The predicted molar refractivity (Wildman–Crippen MR) is 62.2 cm³/mol. The highest BCUT2D eigenvalue weighted by molar-refractivity contribution is 5.80. The fourth-order valence-electron chi connectivity index (χ4n) is 1.95. The van der Waals surface area contributed by atoms with E-state index >= 15 is 0 Å². The Hall–Kier alpha value is -1.68. The van der Waals surface area contributed by atoms with Crippen LogP contribution in [0.5, 0.6) is 0 Å². The van der Waals surface area contributed by atoms with Crippen molar-refractivity contribution in [1.82, 2.24) is 5.32 Å². The molecule has 2 rings (SSSR count). The molecule has 0 aromatic heterocycles. The highest BCUT2D eigenvalue weighted by atomic mass is 16.5. The fourth-order valence-corrected chi connectivity index (χ4v) is 1.95. The zero-order chi connectivity index (χ0) is 12.1. The fraction of sp³-hybridized carbons (Fsp3) is 0.385. The molecule has 1 aromatic rings. The molecule has 0 bridgehead atoms. The molecular formula is C13H15NO3. The normalized spacial score (nSPS) is 23.3. The molecule has 0 radical (unpaired) electrons. The standard InChI is InChI=1S/C13H15NO3/c15-8-11-6-7-14-12(11)13(16)17-9-10-4-2-1-3-5-10/h1-5,8,11-12,14H,6-7,9H2/t11?,12-/m0/s1. The number of carbonyl (C=O) groups excluding carboxylic acids is 2. The number of nitrogens with one attached hydrogen (secondary N) is 1. The maximum Gasteiger partial charge on any atom is 0.324 e. The summed E-state index contributed by atoms with van der Waals surface area (Å²) in [5.41, 5.74) is 0.946. The van der Waals surface area contributed by atoms with E-state index in [4.69, 9.17) is 4.74 Å². The van der Waals surface area contributed by atoms with Crippen molar-refractivity contribution in [3.05, 3.63) is 35.9 Å². The Morgan fingerprint density at radius 1 is 1.41 bits per heavy atom. The third kappa shape index (κ3) is 2.91.